The van der Waals surface area contributed by atoms with Crippen molar-refractivity contribution >= 4 is 84.0 Å². The van der Waals surface area contributed by atoms with E-state index in [4.69, 9.17) is 0 Å². The Morgan fingerprint density at radius 3 is 1.61 bits per heavy atom. The molecule has 0 aliphatic carbocycles. The lowest BCUT2D eigenvalue weighted by atomic mass is 10.1. The highest BCUT2D eigenvalue weighted by Gasteiger charge is 2.23. The number of carboxylic acids is 4. The second kappa shape index (κ2) is 15.4. The highest BCUT2D eigenvalue weighted by Crippen LogP contribution is 2.42. The van der Waals surface area contributed by atoms with Crippen LogP contribution in [0.4, 0.5) is 28.4 Å². The second-order valence-corrected chi connectivity index (χ2v) is 13.3. The first kappa shape index (κ1) is 38.7. The zero-order valence-electron chi connectivity index (χ0n) is 28.5. The molecule has 6 rings (SSSR count). The van der Waals surface area contributed by atoms with E-state index in [1.54, 1.807) is 24.3 Å². The molecular weight excluding hydrogens is 769 g/mol. The normalized spacial score (nSPS) is 11.9. The summed E-state index contributed by atoms with van der Waals surface area (Å²) in [5.41, 5.74) is -1.87. The fraction of sp³-hybridized carbons (Fsp3) is 0.0270. The Balaban J connectivity index is 1.22. The topological polar surface area (TPSA) is 318 Å². The summed E-state index contributed by atoms with van der Waals surface area (Å²) in [4.78, 5) is 44.8. The molecule has 7 N–H and O–H groups in total. The van der Waals surface area contributed by atoms with Gasteiger partial charge in [0.05, 0.1) is 45.9 Å². The third kappa shape index (κ3) is 8.25. The molecule has 6 aromatic carbocycles. The van der Waals surface area contributed by atoms with E-state index in [9.17, 15) is 62.8 Å². The van der Waals surface area contributed by atoms with E-state index in [2.05, 4.69) is 30.7 Å². The number of aromatic hydroxyl groups is 2. The van der Waals surface area contributed by atoms with Crippen LogP contribution in [0.1, 0.15) is 47.0 Å². The fourth-order valence-electron chi connectivity index (χ4n) is 5.56. The number of hydrogen-bond donors (Lipinski definition) is 7. The van der Waals surface area contributed by atoms with Crippen LogP contribution in [0.5, 0.6) is 11.5 Å². The maximum Gasteiger partial charge on any atom is 0.336 e. The van der Waals surface area contributed by atoms with Crippen molar-refractivity contribution in [3.63, 3.8) is 0 Å². The minimum atomic E-state index is -5.01. The number of nitrogens with zero attached hydrogens (tertiary/aromatic N) is 6. The first-order chi connectivity index (χ1) is 27.0. The number of carbonyl (C=O) groups is 4. The number of phenols is 2. The Labute approximate surface area is 318 Å². The van der Waals surface area contributed by atoms with Gasteiger partial charge < -0.3 is 30.6 Å². The lowest BCUT2D eigenvalue weighted by Gasteiger charge is -2.09. The summed E-state index contributed by atoms with van der Waals surface area (Å²) in [7, 11) is -5.01. The predicted molar refractivity (Wildman–Crippen MR) is 198 cm³/mol. The maximum atomic E-state index is 12.3. The summed E-state index contributed by atoms with van der Waals surface area (Å²) in [6.07, 6.45) is 0. The van der Waals surface area contributed by atoms with Crippen LogP contribution in [0.3, 0.4) is 0 Å². The molecular formula is C37H24N6O13S. The van der Waals surface area contributed by atoms with E-state index in [1.165, 1.54) is 30.3 Å². The molecule has 6 aromatic rings. The average Bonchev–Trinajstić information content (AvgIpc) is 3.16. The van der Waals surface area contributed by atoms with Crippen LogP contribution in [0.25, 0.3) is 21.5 Å². The SMILES string of the molecule is O=C(O)c1ccc(N=Nc2ccc3cc(CN=Nc4ccc5c(O)c(N=Nc6ccc(C(=O)O)c(C(=O)O)c6)c(S(=O)(=O)O)cc5c4)ccc3c2O)cc1C(=O)O. The number of benzene rings is 6. The number of aromatic carboxylic acids is 4. The number of fused-ring (bicyclic) bond motifs is 2. The molecule has 0 atom stereocenters. The van der Waals surface area contributed by atoms with Gasteiger partial charge in [-0.25, -0.2) is 19.2 Å². The van der Waals surface area contributed by atoms with Gasteiger partial charge in [0.25, 0.3) is 10.1 Å². The first-order valence-corrected chi connectivity index (χ1v) is 17.4. The standard InChI is InChI=1S/C37H24N6O13S/c44-32-23-6-1-17(11-18(23)2-10-29(32)42-40-21-4-8-25(34(46)47)27(14-21)36(50)51)16-38-39-20-3-7-24-19(12-20)13-30(57(54,55)56)31(33(24)45)43-41-22-5-9-26(35(48)49)28(15-22)37(52)53/h1-15,44-45H,16H2,(H,46,47)(H,48,49)(H,50,51)(H,52,53)(H,54,55,56). The molecule has 0 bridgehead atoms. The second-order valence-electron chi connectivity index (χ2n) is 11.9. The molecule has 57 heavy (non-hydrogen) atoms. The van der Waals surface area contributed by atoms with Crippen LogP contribution < -0.4 is 0 Å². The molecule has 0 amide bonds. The smallest absolute Gasteiger partial charge is 0.336 e. The molecule has 0 aromatic heterocycles. The number of carboxylic acid groups (broad SMARTS) is 4. The van der Waals surface area contributed by atoms with Crippen molar-refractivity contribution in [2.24, 2.45) is 30.7 Å². The predicted octanol–water partition coefficient (Wildman–Crippen LogP) is 8.56. The van der Waals surface area contributed by atoms with Gasteiger partial charge in [-0.3, -0.25) is 4.55 Å². The molecule has 286 valence electrons. The number of azo groups is 3. The van der Waals surface area contributed by atoms with Crippen molar-refractivity contribution in [2.75, 3.05) is 0 Å². The summed E-state index contributed by atoms with van der Waals surface area (Å²) >= 11 is 0. The van der Waals surface area contributed by atoms with Crippen LogP contribution in [0.15, 0.2) is 127 Å². The lowest BCUT2D eigenvalue weighted by molar-refractivity contribution is 0.0651. The van der Waals surface area contributed by atoms with Crippen molar-refractivity contribution in [3.05, 3.63) is 119 Å². The van der Waals surface area contributed by atoms with Crippen LogP contribution >= 0.6 is 0 Å². The summed E-state index contributed by atoms with van der Waals surface area (Å²) in [6.45, 7) is 0.0618. The highest BCUT2D eigenvalue weighted by atomic mass is 32.2. The zero-order chi connectivity index (χ0) is 41.2. The van der Waals surface area contributed by atoms with E-state index >= 15 is 0 Å². The third-order valence-corrected chi connectivity index (χ3v) is 9.12. The molecule has 0 fully saturated rings. The molecule has 0 heterocycles. The van der Waals surface area contributed by atoms with Crippen molar-refractivity contribution in [1.82, 2.24) is 0 Å². The summed E-state index contributed by atoms with van der Waals surface area (Å²) in [5.74, 6) is -6.86. The van der Waals surface area contributed by atoms with Crippen molar-refractivity contribution in [2.45, 2.75) is 11.4 Å². The fourth-order valence-corrected chi connectivity index (χ4v) is 6.22. The van der Waals surface area contributed by atoms with Crippen LogP contribution in [-0.4, -0.2) is 67.5 Å². The van der Waals surface area contributed by atoms with Crippen LogP contribution in [0.2, 0.25) is 0 Å². The Hall–Kier alpha value is -7.97. The highest BCUT2D eigenvalue weighted by molar-refractivity contribution is 7.86. The maximum absolute atomic E-state index is 12.3. The summed E-state index contributed by atoms with van der Waals surface area (Å²) in [5, 5.41) is 83.9. The van der Waals surface area contributed by atoms with Gasteiger partial charge in [-0.2, -0.15) is 28.9 Å². The van der Waals surface area contributed by atoms with E-state index in [0.717, 1.165) is 36.4 Å². The molecule has 0 saturated carbocycles. The molecule has 0 unspecified atom stereocenters. The van der Waals surface area contributed by atoms with Gasteiger partial charge in [-0.15, -0.1) is 10.2 Å². The monoisotopic (exact) mass is 792 g/mol. The van der Waals surface area contributed by atoms with Crippen LogP contribution in [-0.2, 0) is 16.7 Å². The minimum absolute atomic E-state index is 0.0499. The van der Waals surface area contributed by atoms with Crippen molar-refractivity contribution in [3.8, 4) is 11.5 Å². The van der Waals surface area contributed by atoms with Gasteiger partial charge >= 0.3 is 23.9 Å². The molecule has 20 heteroatoms. The lowest BCUT2D eigenvalue weighted by Crippen LogP contribution is -2.07. The van der Waals surface area contributed by atoms with Gasteiger partial charge in [0.1, 0.15) is 16.3 Å². The van der Waals surface area contributed by atoms with Crippen LogP contribution in [0, 0.1) is 0 Å². The zero-order valence-corrected chi connectivity index (χ0v) is 29.4. The van der Waals surface area contributed by atoms with Gasteiger partial charge in [0, 0.05) is 10.8 Å². The first-order valence-electron chi connectivity index (χ1n) is 16.0. The molecule has 0 aliphatic rings. The largest absolute Gasteiger partial charge is 0.505 e. The van der Waals surface area contributed by atoms with Gasteiger partial charge in [-0.05, 0) is 89.1 Å². The number of rotatable bonds is 12. The Kier molecular flexibility index (Phi) is 10.5. The van der Waals surface area contributed by atoms with Crippen molar-refractivity contribution in [1.29, 1.82) is 0 Å². The summed E-state index contributed by atoms with van der Waals surface area (Å²) < 4.78 is 34.6. The van der Waals surface area contributed by atoms with Gasteiger partial charge in [-0.1, -0.05) is 18.2 Å². The molecule has 0 spiro atoms. The minimum Gasteiger partial charge on any atom is -0.505 e. The molecule has 0 saturated heterocycles. The van der Waals surface area contributed by atoms with E-state index in [0.29, 0.717) is 16.3 Å². The van der Waals surface area contributed by atoms with Crippen molar-refractivity contribution < 1.29 is 62.8 Å². The quantitative estimate of drug-likeness (QED) is 0.0451. The molecule has 0 radical (unpaired) electrons. The van der Waals surface area contributed by atoms with E-state index in [1.807, 2.05) is 0 Å². The molecule has 0 aliphatic heterocycles. The third-order valence-electron chi connectivity index (χ3n) is 8.25. The van der Waals surface area contributed by atoms with Gasteiger partial charge in [0.2, 0.25) is 0 Å². The Bertz CT molecular complexity index is 2910. The van der Waals surface area contributed by atoms with Gasteiger partial charge in [0.15, 0.2) is 11.5 Å². The van der Waals surface area contributed by atoms with E-state index in [-0.39, 0.29) is 45.8 Å². The average molecular weight is 793 g/mol. The number of hydrogen-bond acceptors (Lipinski definition) is 14. The Morgan fingerprint density at radius 1 is 0.509 bits per heavy atom. The Morgan fingerprint density at radius 2 is 1.04 bits per heavy atom. The summed E-state index contributed by atoms with van der Waals surface area (Å²) in [6, 6.07) is 19.8. The number of phenolic OH excluding ortho intramolecular Hbond substituents is 2. The molecule has 19 nitrogen and oxygen atoms in total. The van der Waals surface area contributed by atoms with E-state index < -0.39 is 72.6 Å².